The van der Waals surface area contributed by atoms with Gasteiger partial charge in [-0.3, -0.25) is 14.8 Å². The molecule has 0 unspecified atom stereocenters. The van der Waals surface area contributed by atoms with Crippen LogP contribution in [-0.4, -0.2) is 56.3 Å². The van der Waals surface area contributed by atoms with Gasteiger partial charge in [0.1, 0.15) is 5.69 Å². The van der Waals surface area contributed by atoms with Crippen LogP contribution >= 0.6 is 0 Å². The Morgan fingerprint density at radius 1 is 0.933 bits per heavy atom. The SMILES string of the molecule is Cc1cccc(CN2CCN(C)[C@@H](c3nnn4cc(-c5ccccc5)ccc34)C2)n1. The van der Waals surface area contributed by atoms with E-state index in [-0.39, 0.29) is 6.04 Å². The molecule has 1 atom stereocenters. The lowest BCUT2D eigenvalue weighted by Crippen LogP contribution is -2.46. The highest BCUT2D eigenvalue weighted by Gasteiger charge is 2.29. The van der Waals surface area contributed by atoms with Gasteiger partial charge in [0.15, 0.2) is 0 Å². The van der Waals surface area contributed by atoms with Crippen LogP contribution in [0.1, 0.15) is 23.1 Å². The van der Waals surface area contributed by atoms with Crippen molar-refractivity contribution in [3.63, 3.8) is 0 Å². The summed E-state index contributed by atoms with van der Waals surface area (Å²) in [4.78, 5) is 9.53. The lowest BCUT2D eigenvalue weighted by molar-refractivity contribution is 0.0880. The monoisotopic (exact) mass is 398 g/mol. The molecule has 1 aromatic carbocycles. The van der Waals surface area contributed by atoms with Crippen LogP contribution < -0.4 is 0 Å². The molecule has 0 aliphatic carbocycles. The number of hydrogen-bond donors (Lipinski definition) is 0. The number of hydrogen-bond acceptors (Lipinski definition) is 5. The minimum absolute atomic E-state index is 0.212. The second-order valence-corrected chi connectivity index (χ2v) is 8.09. The van der Waals surface area contributed by atoms with Crippen LogP contribution in [0.25, 0.3) is 16.6 Å². The van der Waals surface area contributed by atoms with Crippen molar-refractivity contribution in [1.82, 2.24) is 29.6 Å². The van der Waals surface area contributed by atoms with Crippen molar-refractivity contribution in [2.24, 2.45) is 0 Å². The van der Waals surface area contributed by atoms with E-state index in [0.29, 0.717) is 0 Å². The second kappa shape index (κ2) is 7.97. The molecular weight excluding hydrogens is 372 g/mol. The van der Waals surface area contributed by atoms with Gasteiger partial charge in [0.05, 0.1) is 17.3 Å². The van der Waals surface area contributed by atoms with Crippen molar-refractivity contribution >= 4 is 5.52 Å². The minimum atomic E-state index is 0.212. The standard InChI is InChI=1S/C24H26N6/c1-18-7-6-10-21(25-18)16-29-14-13-28(2)23(17-29)24-22-12-11-20(15-30(22)27-26-24)19-8-4-3-5-9-19/h3-12,15,23H,13-14,16-17H2,1-2H3/t23-/m1/s1. The summed E-state index contributed by atoms with van der Waals surface area (Å²) in [6, 6.07) is 21.1. The largest absolute Gasteiger partial charge is 0.295 e. The van der Waals surface area contributed by atoms with E-state index < -0.39 is 0 Å². The third-order valence-electron chi connectivity index (χ3n) is 5.93. The van der Waals surface area contributed by atoms with Gasteiger partial charge in [-0.25, -0.2) is 4.52 Å². The molecule has 5 rings (SSSR count). The van der Waals surface area contributed by atoms with Gasteiger partial charge in [-0.1, -0.05) is 47.7 Å². The summed E-state index contributed by atoms with van der Waals surface area (Å²) in [5.74, 6) is 0. The summed E-state index contributed by atoms with van der Waals surface area (Å²) in [6.45, 7) is 5.85. The summed E-state index contributed by atoms with van der Waals surface area (Å²) in [5, 5.41) is 9.03. The Morgan fingerprint density at radius 3 is 2.63 bits per heavy atom. The average Bonchev–Trinajstić information content (AvgIpc) is 3.19. The van der Waals surface area contributed by atoms with Gasteiger partial charge in [0.25, 0.3) is 0 Å². The van der Waals surface area contributed by atoms with Crippen molar-refractivity contribution in [1.29, 1.82) is 0 Å². The van der Waals surface area contributed by atoms with Crippen LogP contribution in [0.3, 0.4) is 0 Å². The number of likely N-dealkylation sites (N-methyl/N-ethyl adjacent to an activating group) is 1. The molecular formula is C24H26N6. The number of benzene rings is 1. The van der Waals surface area contributed by atoms with Crippen LogP contribution in [0, 0.1) is 6.92 Å². The molecule has 0 bridgehead atoms. The first-order valence-corrected chi connectivity index (χ1v) is 10.4. The van der Waals surface area contributed by atoms with Gasteiger partial charge in [0.2, 0.25) is 0 Å². The van der Waals surface area contributed by atoms with E-state index in [4.69, 9.17) is 0 Å². The Balaban J connectivity index is 1.40. The van der Waals surface area contributed by atoms with Crippen LogP contribution in [0.4, 0.5) is 0 Å². The zero-order chi connectivity index (χ0) is 20.5. The van der Waals surface area contributed by atoms with Crippen LogP contribution in [-0.2, 0) is 6.54 Å². The third kappa shape index (κ3) is 3.72. The topological polar surface area (TPSA) is 49.6 Å². The molecule has 6 nitrogen and oxygen atoms in total. The first-order valence-electron chi connectivity index (χ1n) is 10.4. The van der Waals surface area contributed by atoms with E-state index in [1.807, 2.05) is 23.6 Å². The molecule has 1 aliphatic heterocycles. The number of fused-ring (bicyclic) bond motifs is 1. The molecule has 0 N–H and O–H groups in total. The highest BCUT2D eigenvalue weighted by atomic mass is 15.4. The summed E-state index contributed by atoms with van der Waals surface area (Å²) in [5.41, 5.74) is 6.63. The molecule has 152 valence electrons. The normalized spacial score (nSPS) is 18.1. The smallest absolute Gasteiger partial charge is 0.109 e. The molecule has 1 aliphatic rings. The summed E-state index contributed by atoms with van der Waals surface area (Å²) in [6.07, 6.45) is 2.07. The maximum Gasteiger partial charge on any atom is 0.109 e. The third-order valence-corrected chi connectivity index (χ3v) is 5.93. The number of rotatable bonds is 4. The molecule has 6 heteroatoms. The van der Waals surface area contributed by atoms with E-state index in [9.17, 15) is 0 Å². The quantitative estimate of drug-likeness (QED) is 0.526. The Kier molecular flexibility index (Phi) is 5.02. The van der Waals surface area contributed by atoms with Gasteiger partial charge in [-0.15, -0.1) is 5.10 Å². The maximum absolute atomic E-state index is 4.68. The predicted octanol–water partition coefficient (Wildman–Crippen LogP) is 3.59. The lowest BCUT2D eigenvalue weighted by atomic mass is 10.1. The number of piperazine rings is 1. The number of nitrogens with zero attached hydrogens (tertiary/aromatic N) is 6. The first-order chi connectivity index (χ1) is 14.7. The highest BCUT2D eigenvalue weighted by Crippen LogP contribution is 2.28. The number of aromatic nitrogens is 4. The molecule has 30 heavy (non-hydrogen) atoms. The van der Waals surface area contributed by atoms with Gasteiger partial charge in [-0.05, 0) is 37.7 Å². The van der Waals surface area contributed by atoms with E-state index in [2.05, 4.69) is 86.9 Å². The fourth-order valence-corrected chi connectivity index (χ4v) is 4.24. The van der Waals surface area contributed by atoms with E-state index >= 15 is 0 Å². The van der Waals surface area contributed by atoms with Gasteiger partial charge >= 0.3 is 0 Å². The molecule has 4 heterocycles. The Bertz CT molecular complexity index is 1150. The predicted molar refractivity (Wildman–Crippen MR) is 118 cm³/mol. The Morgan fingerprint density at radius 2 is 1.80 bits per heavy atom. The van der Waals surface area contributed by atoms with Crippen LogP contribution in [0.15, 0.2) is 66.9 Å². The van der Waals surface area contributed by atoms with Crippen molar-refractivity contribution in [2.45, 2.75) is 19.5 Å². The number of aryl methyl sites for hydroxylation is 1. The highest BCUT2D eigenvalue weighted by molar-refractivity contribution is 5.66. The molecule has 0 amide bonds. The molecule has 3 aromatic heterocycles. The maximum atomic E-state index is 4.68. The minimum Gasteiger partial charge on any atom is -0.295 e. The van der Waals surface area contributed by atoms with Crippen LogP contribution in [0.2, 0.25) is 0 Å². The molecule has 0 saturated carbocycles. The van der Waals surface area contributed by atoms with Crippen molar-refractivity contribution in [3.8, 4) is 11.1 Å². The molecule has 0 radical (unpaired) electrons. The van der Waals surface area contributed by atoms with Crippen molar-refractivity contribution in [3.05, 3.63) is 83.9 Å². The van der Waals surface area contributed by atoms with E-state index in [0.717, 1.165) is 54.3 Å². The van der Waals surface area contributed by atoms with Gasteiger partial charge in [0, 0.05) is 43.6 Å². The summed E-state index contributed by atoms with van der Waals surface area (Å²) < 4.78 is 1.91. The zero-order valence-electron chi connectivity index (χ0n) is 17.4. The molecule has 4 aromatic rings. The van der Waals surface area contributed by atoms with Crippen molar-refractivity contribution < 1.29 is 0 Å². The second-order valence-electron chi connectivity index (χ2n) is 8.09. The van der Waals surface area contributed by atoms with Gasteiger partial charge in [-0.2, -0.15) is 0 Å². The van der Waals surface area contributed by atoms with Crippen LogP contribution in [0.5, 0.6) is 0 Å². The summed E-state index contributed by atoms with van der Waals surface area (Å²) >= 11 is 0. The fraction of sp³-hybridized carbons (Fsp3) is 0.292. The van der Waals surface area contributed by atoms with Gasteiger partial charge < -0.3 is 0 Å². The summed E-state index contributed by atoms with van der Waals surface area (Å²) in [7, 11) is 2.18. The first kappa shape index (κ1) is 18.9. The lowest BCUT2D eigenvalue weighted by Gasteiger charge is -2.38. The molecule has 1 saturated heterocycles. The average molecular weight is 399 g/mol. The Labute approximate surface area is 176 Å². The van der Waals surface area contributed by atoms with E-state index in [1.165, 1.54) is 5.56 Å². The van der Waals surface area contributed by atoms with Crippen molar-refractivity contribution in [2.75, 3.05) is 26.7 Å². The van der Waals surface area contributed by atoms with E-state index in [1.54, 1.807) is 0 Å². The Hall–Kier alpha value is -3.09. The molecule has 1 fully saturated rings. The molecule has 0 spiro atoms. The zero-order valence-corrected chi connectivity index (χ0v) is 17.4. The number of pyridine rings is 2. The fourth-order valence-electron chi connectivity index (χ4n) is 4.24.